The minimum Gasteiger partial charge on any atom is -0.382 e. The summed E-state index contributed by atoms with van der Waals surface area (Å²) in [6, 6.07) is 0. The van der Waals surface area contributed by atoms with Crippen molar-refractivity contribution in [3.05, 3.63) is 22.3 Å². The van der Waals surface area contributed by atoms with Gasteiger partial charge >= 0.3 is 6.18 Å². The van der Waals surface area contributed by atoms with Crippen LogP contribution in [0.5, 0.6) is 0 Å². The largest absolute Gasteiger partial charge is 0.418 e. The van der Waals surface area contributed by atoms with Crippen LogP contribution in [-0.4, -0.2) is 53.9 Å². The Balaban J connectivity index is 2.42. The molecular formula is C12H14ClF3N4O. The molecule has 116 valence electrons. The Labute approximate surface area is 124 Å². The molecule has 2 N–H and O–H groups in total. The van der Waals surface area contributed by atoms with Gasteiger partial charge in [0, 0.05) is 32.4 Å². The molecule has 1 amide bonds. The maximum atomic E-state index is 13.0. The first kappa shape index (κ1) is 15.8. The van der Waals surface area contributed by atoms with Crippen molar-refractivity contribution in [2.24, 2.45) is 0 Å². The Hall–Kier alpha value is -1.54. The third-order valence-electron chi connectivity index (χ3n) is 3.36. The second-order valence-electron chi connectivity index (χ2n) is 4.84. The van der Waals surface area contributed by atoms with Gasteiger partial charge in [-0.05, 0) is 7.05 Å². The molecule has 0 spiro atoms. The van der Waals surface area contributed by atoms with E-state index in [0.29, 0.717) is 32.4 Å². The maximum Gasteiger partial charge on any atom is 0.418 e. The molecule has 0 aromatic carbocycles. The summed E-state index contributed by atoms with van der Waals surface area (Å²) in [5, 5.41) is -0.450. The van der Waals surface area contributed by atoms with Crippen LogP contribution in [0.4, 0.5) is 19.0 Å². The van der Waals surface area contributed by atoms with Crippen molar-refractivity contribution in [3.63, 3.8) is 0 Å². The summed E-state index contributed by atoms with van der Waals surface area (Å²) in [6.07, 6.45) is -4.17. The molecule has 0 unspecified atom stereocenters. The van der Waals surface area contributed by atoms with Gasteiger partial charge in [-0.25, -0.2) is 4.98 Å². The van der Waals surface area contributed by atoms with Crippen LogP contribution in [0.1, 0.15) is 15.9 Å². The molecule has 2 heterocycles. The lowest BCUT2D eigenvalue weighted by atomic mass is 10.1. The highest BCUT2D eigenvalue weighted by molar-refractivity contribution is 6.36. The molecule has 2 rings (SSSR count). The van der Waals surface area contributed by atoms with Gasteiger partial charge in [-0.2, -0.15) is 13.2 Å². The fourth-order valence-corrected chi connectivity index (χ4v) is 2.32. The van der Waals surface area contributed by atoms with Crippen LogP contribution in [0, 0.1) is 0 Å². The van der Waals surface area contributed by atoms with Crippen LogP contribution in [0.15, 0.2) is 6.20 Å². The van der Waals surface area contributed by atoms with Crippen LogP contribution in [0.25, 0.3) is 0 Å². The second kappa shape index (κ2) is 5.69. The van der Waals surface area contributed by atoms with E-state index in [4.69, 9.17) is 17.3 Å². The summed E-state index contributed by atoms with van der Waals surface area (Å²) in [5.41, 5.74) is 3.65. The number of hydrogen-bond donors (Lipinski definition) is 1. The van der Waals surface area contributed by atoms with Gasteiger partial charge in [0.1, 0.15) is 5.82 Å². The smallest absolute Gasteiger partial charge is 0.382 e. The van der Waals surface area contributed by atoms with Crippen molar-refractivity contribution in [1.82, 2.24) is 14.8 Å². The minimum absolute atomic E-state index is 0.290. The molecule has 0 bridgehead atoms. The van der Waals surface area contributed by atoms with Crippen LogP contribution in [-0.2, 0) is 6.18 Å². The van der Waals surface area contributed by atoms with Crippen molar-refractivity contribution in [1.29, 1.82) is 0 Å². The predicted molar refractivity (Wildman–Crippen MR) is 72.1 cm³/mol. The standard InChI is InChI=1S/C12H14ClF3N4O/c1-19-2-4-20(5-3-19)11(21)8-7(12(14,15)16)6-18-10(17)9(8)13/h6H,2-5H2,1H3,(H2,17,18). The average molecular weight is 323 g/mol. The van der Waals surface area contributed by atoms with Crippen LogP contribution in [0.2, 0.25) is 5.02 Å². The van der Waals surface area contributed by atoms with E-state index in [2.05, 4.69) is 4.98 Å². The van der Waals surface area contributed by atoms with Gasteiger partial charge in [0.25, 0.3) is 5.91 Å². The number of carbonyl (C=O) groups excluding carboxylic acids is 1. The van der Waals surface area contributed by atoms with Crippen LogP contribution in [0.3, 0.4) is 0 Å². The molecule has 0 saturated carbocycles. The van der Waals surface area contributed by atoms with Gasteiger partial charge in [-0.15, -0.1) is 0 Å². The zero-order valence-corrected chi connectivity index (χ0v) is 12.0. The number of alkyl halides is 3. The van der Waals surface area contributed by atoms with E-state index in [9.17, 15) is 18.0 Å². The first-order valence-electron chi connectivity index (χ1n) is 6.20. The number of aromatic nitrogens is 1. The Morgan fingerprint density at radius 3 is 2.43 bits per heavy atom. The number of halogens is 4. The van der Waals surface area contributed by atoms with E-state index in [-0.39, 0.29) is 5.82 Å². The highest BCUT2D eigenvalue weighted by Crippen LogP contribution is 2.37. The lowest BCUT2D eigenvalue weighted by molar-refractivity contribution is -0.138. The number of carbonyl (C=O) groups is 1. The molecule has 1 aliphatic heterocycles. The van der Waals surface area contributed by atoms with Crippen LogP contribution >= 0.6 is 11.6 Å². The summed E-state index contributed by atoms with van der Waals surface area (Å²) in [7, 11) is 1.88. The molecule has 0 radical (unpaired) electrons. The number of pyridine rings is 1. The first-order chi connectivity index (χ1) is 9.71. The number of nitrogens with two attached hydrogens (primary N) is 1. The number of likely N-dealkylation sites (N-methyl/N-ethyl adjacent to an activating group) is 1. The summed E-state index contributed by atoms with van der Waals surface area (Å²) < 4.78 is 39.1. The zero-order chi connectivity index (χ0) is 15.8. The average Bonchev–Trinajstić information content (AvgIpc) is 2.40. The Morgan fingerprint density at radius 2 is 1.90 bits per heavy atom. The number of nitrogen functional groups attached to an aromatic ring is 1. The normalized spacial score (nSPS) is 17.1. The number of anilines is 1. The van der Waals surface area contributed by atoms with E-state index in [0.717, 1.165) is 0 Å². The maximum absolute atomic E-state index is 13.0. The Kier molecular flexibility index (Phi) is 4.29. The fourth-order valence-electron chi connectivity index (χ4n) is 2.09. The van der Waals surface area contributed by atoms with Crippen LogP contribution < -0.4 is 5.73 Å². The van der Waals surface area contributed by atoms with Gasteiger partial charge < -0.3 is 15.5 Å². The third kappa shape index (κ3) is 3.21. The van der Waals surface area contributed by atoms with Crippen molar-refractivity contribution < 1.29 is 18.0 Å². The molecule has 1 aromatic rings. The summed E-state index contributed by atoms with van der Waals surface area (Å²) in [6.45, 7) is 1.85. The lowest BCUT2D eigenvalue weighted by Gasteiger charge is -2.33. The van der Waals surface area contributed by atoms with Crippen molar-refractivity contribution in [2.75, 3.05) is 39.0 Å². The minimum atomic E-state index is -4.72. The Bertz CT molecular complexity index is 556. The molecule has 1 saturated heterocycles. The zero-order valence-electron chi connectivity index (χ0n) is 11.2. The predicted octanol–water partition coefficient (Wildman–Crippen LogP) is 1.72. The summed E-state index contributed by atoms with van der Waals surface area (Å²) in [5.74, 6) is -1.06. The highest BCUT2D eigenvalue weighted by atomic mass is 35.5. The monoisotopic (exact) mass is 322 g/mol. The van der Waals surface area contributed by atoms with E-state index in [1.807, 2.05) is 11.9 Å². The Morgan fingerprint density at radius 1 is 1.33 bits per heavy atom. The summed E-state index contributed by atoms with van der Waals surface area (Å²) >= 11 is 5.80. The highest BCUT2D eigenvalue weighted by Gasteiger charge is 2.39. The molecule has 1 aromatic heterocycles. The molecule has 5 nitrogen and oxygen atoms in total. The number of hydrogen-bond acceptors (Lipinski definition) is 4. The number of nitrogens with zero attached hydrogens (tertiary/aromatic N) is 3. The lowest BCUT2D eigenvalue weighted by Crippen LogP contribution is -2.47. The van der Waals surface area contributed by atoms with Gasteiger partial charge in [0.2, 0.25) is 0 Å². The molecule has 9 heteroatoms. The van der Waals surface area contributed by atoms with Gasteiger partial charge in [0.05, 0.1) is 16.1 Å². The third-order valence-corrected chi connectivity index (χ3v) is 3.74. The molecular weight excluding hydrogens is 309 g/mol. The molecule has 1 aliphatic rings. The van der Waals surface area contributed by atoms with Crippen molar-refractivity contribution in [2.45, 2.75) is 6.18 Å². The number of piperazine rings is 1. The number of amides is 1. The number of rotatable bonds is 1. The molecule has 0 aliphatic carbocycles. The van der Waals surface area contributed by atoms with E-state index in [1.54, 1.807) is 0 Å². The SMILES string of the molecule is CN1CCN(C(=O)c2c(C(F)(F)F)cnc(N)c2Cl)CC1. The fraction of sp³-hybridized carbons (Fsp3) is 0.500. The summed E-state index contributed by atoms with van der Waals surface area (Å²) in [4.78, 5) is 19.1. The molecule has 21 heavy (non-hydrogen) atoms. The van der Waals surface area contributed by atoms with E-state index in [1.165, 1.54) is 4.90 Å². The second-order valence-corrected chi connectivity index (χ2v) is 5.22. The molecule has 1 fully saturated rings. The van der Waals surface area contributed by atoms with E-state index >= 15 is 0 Å². The van der Waals surface area contributed by atoms with Gasteiger partial charge in [0.15, 0.2) is 0 Å². The topological polar surface area (TPSA) is 62.5 Å². The van der Waals surface area contributed by atoms with Crippen molar-refractivity contribution >= 4 is 23.3 Å². The first-order valence-corrected chi connectivity index (χ1v) is 6.58. The quantitative estimate of drug-likeness (QED) is 0.855. The van der Waals surface area contributed by atoms with Gasteiger partial charge in [-0.3, -0.25) is 4.79 Å². The molecule has 0 atom stereocenters. The van der Waals surface area contributed by atoms with Gasteiger partial charge in [-0.1, -0.05) is 11.6 Å². The van der Waals surface area contributed by atoms with Crippen molar-refractivity contribution in [3.8, 4) is 0 Å². The van der Waals surface area contributed by atoms with E-state index < -0.39 is 28.2 Å².